The topological polar surface area (TPSA) is 77.1 Å². The summed E-state index contributed by atoms with van der Waals surface area (Å²) in [6.07, 6.45) is 0. The van der Waals surface area contributed by atoms with Crippen LogP contribution >= 0.6 is 23.2 Å². The molecule has 9 heteroatoms. The van der Waals surface area contributed by atoms with Crippen LogP contribution in [0.5, 0.6) is 0 Å². The van der Waals surface area contributed by atoms with E-state index in [9.17, 15) is 14.0 Å². The van der Waals surface area contributed by atoms with Crippen LogP contribution in [0.3, 0.4) is 0 Å². The Morgan fingerprint density at radius 3 is 2.64 bits per heavy atom. The fraction of sp³-hybridized carbons (Fsp3) is 0.0625. The van der Waals surface area contributed by atoms with Gasteiger partial charge in [0.2, 0.25) is 11.8 Å². The molecule has 1 heterocycles. The number of halogens is 3. The lowest BCUT2D eigenvalue weighted by molar-refractivity contribution is -0.117. The zero-order valence-electron chi connectivity index (χ0n) is 12.5. The number of nitrogens with zero attached hydrogens (tertiary/aromatic N) is 2. The highest BCUT2D eigenvalue weighted by Gasteiger charge is 2.14. The number of aromatic nitrogens is 2. The van der Waals surface area contributed by atoms with Gasteiger partial charge in [-0.2, -0.15) is 4.68 Å². The minimum absolute atomic E-state index is 0.0152. The third-order valence-electron chi connectivity index (χ3n) is 3.22. The zero-order chi connectivity index (χ0) is 18.0. The van der Waals surface area contributed by atoms with Gasteiger partial charge < -0.3 is 9.73 Å². The maximum Gasteiger partial charge on any atom is 0.437 e. The smallest absolute Gasteiger partial charge is 0.388 e. The molecule has 0 saturated carbocycles. The fourth-order valence-electron chi connectivity index (χ4n) is 2.04. The van der Waals surface area contributed by atoms with E-state index in [2.05, 4.69) is 10.4 Å². The average Bonchev–Trinajstić information content (AvgIpc) is 2.93. The monoisotopic (exact) mass is 381 g/mol. The number of amides is 1. The van der Waals surface area contributed by atoms with Crippen molar-refractivity contribution in [3.63, 3.8) is 0 Å². The number of hydrogen-bond donors (Lipinski definition) is 1. The highest BCUT2D eigenvalue weighted by Crippen LogP contribution is 2.29. The molecule has 0 atom stereocenters. The predicted molar refractivity (Wildman–Crippen MR) is 91.2 cm³/mol. The highest BCUT2D eigenvalue weighted by atomic mass is 35.5. The Kier molecular flexibility index (Phi) is 4.87. The van der Waals surface area contributed by atoms with Gasteiger partial charge in [0.1, 0.15) is 12.4 Å². The standard InChI is InChI=1S/C16H10Cl2FN3O3/c17-11-2-1-3-12(14(11)18)20-13(23)8-22-16(24)25-15(21-22)9-4-6-10(19)7-5-9/h1-7H,8H2,(H,20,23). The first kappa shape index (κ1) is 17.2. The summed E-state index contributed by atoms with van der Waals surface area (Å²) in [5.41, 5.74) is 0.727. The molecular weight excluding hydrogens is 372 g/mol. The van der Waals surface area contributed by atoms with E-state index in [1.54, 1.807) is 18.2 Å². The molecule has 1 N–H and O–H groups in total. The van der Waals surface area contributed by atoms with Gasteiger partial charge >= 0.3 is 5.76 Å². The molecule has 2 aromatic carbocycles. The van der Waals surface area contributed by atoms with Crippen LogP contribution in [0.15, 0.2) is 51.7 Å². The lowest BCUT2D eigenvalue weighted by Gasteiger charge is -2.07. The van der Waals surface area contributed by atoms with Gasteiger partial charge in [-0.1, -0.05) is 29.3 Å². The molecule has 0 bridgehead atoms. The molecule has 1 amide bonds. The van der Waals surface area contributed by atoms with Crippen molar-refractivity contribution in [1.29, 1.82) is 0 Å². The van der Waals surface area contributed by atoms with Crippen LogP contribution in [0.4, 0.5) is 10.1 Å². The van der Waals surface area contributed by atoms with Crippen LogP contribution in [-0.2, 0) is 11.3 Å². The summed E-state index contributed by atoms with van der Waals surface area (Å²) in [6.45, 7) is -0.383. The molecular formula is C16H10Cl2FN3O3. The maximum absolute atomic E-state index is 12.9. The van der Waals surface area contributed by atoms with E-state index in [-0.39, 0.29) is 22.5 Å². The van der Waals surface area contributed by atoms with E-state index in [1.807, 2.05) is 0 Å². The van der Waals surface area contributed by atoms with Gasteiger partial charge in [-0.05, 0) is 36.4 Å². The van der Waals surface area contributed by atoms with E-state index < -0.39 is 17.5 Å². The summed E-state index contributed by atoms with van der Waals surface area (Å²) < 4.78 is 18.8. The van der Waals surface area contributed by atoms with Gasteiger partial charge in [-0.25, -0.2) is 9.18 Å². The van der Waals surface area contributed by atoms with E-state index >= 15 is 0 Å². The number of nitrogens with one attached hydrogen (secondary N) is 1. The van der Waals surface area contributed by atoms with Gasteiger partial charge in [0, 0.05) is 5.56 Å². The molecule has 6 nitrogen and oxygen atoms in total. The molecule has 0 radical (unpaired) electrons. The van der Waals surface area contributed by atoms with Crippen molar-refractivity contribution < 1.29 is 13.6 Å². The fourth-order valence-corrected chi connectivity index (χ4v) is 2.39. The molecule has 25 heavy (non-hydrogen) atoms. The average molecular weight is 382 g/mol. The van der Waals surface area contributed by atoms with Gasteiger partial charge in [0.15, 0.2) is 0 Å². The lowest BCUT2D eigenvalue weighted by atomic mass is 10.2. The summed E-state index contributed by atoms with van der Waals surface area (Å²) in [7, 11) is 0. The predicted octanol–water partition coefficient (Wildman–Crippen LogP) is 3.59. The summed E-state index contributed by atoms with van der Waals surface area (Å²) >= 11 is 11.9. The number of carbonyl (C=O) groups excluding carboxylic acids is 1. The van der Waals surface area contributed by atoms with Crippen molar-refractivity contribution in [2.24, 2.45) is 0 Å². The first-order chi connectivity index (χ1) is 11.9. The first-order valence-corrected chi connectivity index (χ1v) is 7.77. The molecule has 0 saturated heterocycles. The van der Waals surface area contributed by atoms with Crippen LogP contribution in [0.25, 0.3) is 11.5 Å². The van der Waals surface area contributed by atoms with Crippen LogP contribution in [-0.4, -0.2) is 15.7 Å². The second kappa shape index (κ2) is 7.08. The van der Waals surface area contributed by atoms with Crippen molar-refractivity contribution in [2.75, 3.05) is 5.32 Å². The van der Waals surface area contributed by atoms with Crippen LogP contribution < -0.4 is 11.1 Å². The van der Waals surface area contributed by atoms with Crippen molar-refractivity contribution in [3.8, 4) is 11.5 Å². The molecule has 0 unspecified atom stereocenters. The van der Waals surface area contributed by atoms with Crippen molar-refractivity contribution in [3.05, 3.63) is 68.9 Å². The second-order valence-corrected chi connectivity index (χ2v) is 5.77. The number of rotatable bonds is 4. The molecule has 1 aromatic heterocycles. The largest absolute Gasteiger partial charge is 0.437 e. The summed E-state index contributed by atoms with van der Waals surface area (Å²) in [5, 5.41) is 6.94. The molecule has 3 aromatic rings. The van der Waals surface area contributed by atoms with Crippen molar-refractivity contribution >= 4 is 34.8 Å². The minimum Gasteiger partial charge on any atom is -0.388 e. The molecule has 0 spiro atoms. The minimum atomic E-state index is -0.813. The van der Waals surface area contributed by atoms with Gasteiger partial charge in [-0.15, -0.1) is 5.10 Å². The summed E-state index contributed by atoms with van der Waals surface area (Å²) in [4.78, 5) is 23.9. The Labute approximate surface area is 150 Å². The first-order valence-electron chi connectivity index (χ1n) is 7.02. The van der Waals surface area contributed by atoms with E-state index in [0.29, 0.717) is 11.3 Å². The Morgan fingerprint density at radius 1 is 1.20 bits per heavy atom. The Morgan fingerprint density at radius 2 is 1.92 bits per heavy atom. The Balaban J connectivity index is 1.77. The molecule has 3 rings (SSSR count). The molecule has 0 fully saturated rings. The summed E-state index contributed by atoms with van der Waals surface area (Å²) in [5.74, 6) is -1.79. The molecule has 128 valence electrons. The zero-order valence-corrected chi connectivity index (χ0v) is 14.0. The Hall–Kier alpha value is -2.64. The maximum atomic E-state index is 12.9. The van der Waals surface area contributed by atoms with Gasteiger partial charge in [-0.3, -0.25) is 4.79 Å². The quantitative estimate of drug-likeness (QED) is 0.748. The lowest BCUT2D eigenvalue weighted by Crippen LogP contribution is -2.26. The van der Waals surface area contributed by atoms with Crippen molar-refractivity contribution in [1.82, 2.24) is 9.78 Å². The molecule has 0 aliphatic rings. The molecule has 0 aliphatic heterocycles. The number of benzene rings is 2. The normalized spacial score (nSPS) is 10.7. The van der Waals surface area contributed by atoms with E-state index in [0.717, 1.165) is 4.68 Å². The van der Waals surface area contributed by atoms with Crippen LogP contribution in [0.2, 0.25) is 10.0 Å². The third-order valence-corrected chi connectivity index (χ3v) is 4.04. The highest BCUT2D eigenvalue weighted by molar-refractivity contribution is 6.43. The van der Waals surface area contributed by atoms with Crippen LogP contribution in [0.1, 0.15) is 0 Å². The SMILES string of the molecule is O=C(Cn1nc(-c2ccc(F)cc2)oc1=O)Nc1cccc(Cl)c1Cl. The van der Waals surface area contributed by atoms with E-state index in [1.165, 1.54) is 24.3 Å². The molecule has 0 aliphatic carbocycles. The van der Waals surface area contributed by atoms with Crippen molar-refractivity contribution in [2.45, 2.75) is 6.54 Å². The summed E-state index contributed by atoms with van der Waals surface area (Å²) in [6, 6.07) is 10.0. The van der Waals surface area contributed by atoms with Crippen LogP contribution in [0, 0.1) is 5.82 Å². The van der Waals surface area contributed by atoms with Gasteiger partial charge in [0.05, 0.1) is 15.7 Å². The Bertz CT molecular complexity index is 983. The number of anilines is 1. The van der Waals surface area contributed by atoms with E-state index in [4.69, 9.17) is 27.6 Å². The van der Waals surface area contributed by atoms with Gasteiger partial charge in [0.25, 0.3) is 0 Å². The number of carbonyl (C=O) groups is 1. The number of hydrogen-bond acceptors (Lipinski definition) is 4. The third kappa shape index (κ3) is 3.89. The second-order valence-electron chi connectivity index (χ2n) is 4.99.